The van der Waals surface area contributed by atoms with Crippen molar-refractivity contribution in [2.24, 2.45) is 0 Å². The van der Waals surface area contributed by atoms with Crippen LogP contribution < -0.4 is 5.73 Å². The van der Waals surface area contributed by atoms with E-state index < -0.39 is 0 Å². The van der Waals surface area contributed by atoms with Gasteiger partial charge >= 0.3 is 0 Å². The van der Waals surface area contributed by atoms with Gasteiger partial charge in [-0.25, -0.2) is 4.98 Å². The van der Waals surface area contributed by atoms with E-state index in [9.17, 15) is 0 Å². The molecular formula is C12H16N2O. The van der Waals surface area contributed by atoms with Crippen LogP contribution in [0.3, 0.4) is 0 Å². The molecule has 0 aliphatic heterocycles. The summed E-state index contributed by atoms with van der Waals surface area (Å²) in [6, 6.07) is 5.56. The van der Waals surface area contributed by atoms with Crippen molar-refractivity contribution in [1.29, 1.82) is 0 Å². The van der Waals surface area contributed by atoms with E-state index in [-0.39, 0.29) is 0 Å². The zero-order valence-electron chi connectivity index (χ0n) is 9.16. The maximum atomic E-state index is 5.69. The zero-order valence-corrected chi connectivity index (χ0v) is 9.16. The number of aromatic nitrogens is 1. The lowest BCUT2D eigenvalue weighted by atomic mass is 10.1. The molecule has 0 aliphatic carbocycles. The number of oxazole rings is 1. The molecule has 0 bridgehead atoms. The number of fused-ring (bicyclic) bond motifs is 1. The standard InChI is InChI=1S/C12H16N2O/c1-3-4-8(2)12-14-10-7-9(13)5-6-11(10)15-12/h5-8H,3-4,13H2,1-2H3. The Morgan fingerprint density at radius 3 is 3.00 bits per heavy atom. The highest BCUT2D eigenvalue weighted by atomic mass is 16.3. The van der Waals surface area contributed by atoms with Crippen molar-refractivity contribution < 1.29 is 4.42 Å². The first-order chi connectivity index (χ1) is 7.20. The smallest absolute Gasteiger partial charge is 0.198 e. The number of anilines is 1. The van der Waals surface area contributed by atoms with Crippen LogP contribution in [-0.2, 0) is 0 Å². The number of hydrogen-bond donors (Lipinski definition) is 1. The molecule has 0 amide bonds. The Hall–Kier alpha value is -1.51. The van der Waals surface area contributed by atoms with Gasteiger partial charge in [0.1, 0.15) is 5.52 Å². The van der Waals surface area contributed by atoms with Gasteiger partial charge < -0.3 is 10.2 Å². The Morgan fingerprint density at radius 2 is 2.27 bits per heavy atom. The topological polar surface area (TPSA) is 52.0 Å². The van der Waals surface area contributed by atoms with Crippen LogP contribution in [-0.4, -0.2) is 4.98 Å². The minimum atomic E-state index is 0.378. The third kappa shape index (κ3) is 1.96. The highest BCUT2D eigenvalue weighted by molar-refractivity contribution is 5.76. The third-order valence-electron chi connectivity index (χ3n) is 2.57. The summed E-state index contributed by atoms with van der Waals surface area (Å²) in [7, 11) is 0. The molecule has 15 heavy (non-hydrogen) atoms. The average molecular weight is 204 g/mol. The molecule has 3 heteroatoms. The van der Waals surface area contributed by atoms with Gasteiger partial charge in [-0.2, -0.15) is 0 Å². The van der Waals surface area contributed by atoms with Crippen molar-refractivity contribution in [3.8, 4) is 0 Å². The fourth-order valence-corrected chi connectivity index (χ4v) is 1.73. The second-order valence-electron chi connectivity index (χ2n) is 3.97. The molecule has 1 atom stereocenters. The maximum Gasteiger partial charge on any atom is 0.198 e. The van der Waals surface area contributed by atoms with Gasteiger partial charge in [0.25, 0.3) is 0 Å². The van der Waals surface area contributed by atoms with Crippen LogP contribution in [0.1, 0.15) is 38.5 Å². The second kappa shape index (κ2) is 3.93. The van der Waals surface area contributed by atoms with Crippen molar-refractivity contribution in [3.05, 3.63) is 24.1 Å². The van der Waals surface area contributed by atoms with Crippen molar-refractivity contribution in [2.75, 3.05) is 5.73 Å². The molecule has 1 unspecified atom stereocenters. The molecule has 1 aromatic carbocycles. The minimum Gasteiger partial charge on any atom is -0.440 e. The molecule has 0 saturated heterocycles. The summed E-state index contributed by atoms with van der Waals surface area (Å²) in [5.74, 6) is 1.20. The normalized spacial score (nSPS) is 13.2. The van der Waals surface area contributed by atoms with Crippen LogP contribution >= 0.6 is 0 Å². The van der Waals surface area contributed by atoms with E-state index >= 15 is 0 Å². The molecule has 0 fully saturated rings. The Balaban J connectivity index is 2.38. The Bertz CT molecular complexity index is 462. The van der Waals surface area contributed by atoms with Crippen LogP contribution in [0, 0.1) is 0 Å². The highest BCUT2D eigenvalue weighted by Gasteiger charge is 2.12. The first-order valence-corrected chi connectivity index (χ1v) is 5.36. The summed E-state index contributed by atoms with van der Waals surface area (Å²) >= 11 is 0. The van der Waals surface area contributed by atoms with Gasteiger partial charge in [0.05, 0.1) is 0 Å². The molecule has 2 rings (SSSR count). The molecule has 0 aliphatic rings. The molecule has 1 aromatic heterocycles. The van der Waals surface area contributed by atoms with Gasteiger partial charge in [-0.15, -0.1) is 0 Å². The highest BCUT2D eigenvalue weighted by Crippen LogP contribution is 2.25. The lowest BCUT2D eigenvalue weighted by Crippen LogP contribution is -1.92. The van der Waals surface area contributed by atoms with Crippen LogP contribution in [0.4, 0.5) is 5.69 Å². The summed E-state index contributed by atoms with van der Waals surface area (Å²) in [6.45, 7) is 4.30. The molecular weight excluding hydrogens is 188 g/mol. The third-order valence-corrected chi connectivity index (χ3v) is 2.57. The summed E-state index contributed by atoms with van der Waals surface area (Å²) in [5, 5.41) is 0. The monoisotopic (exact) mass is 204 g/mol. The van der Waals surface area contributed by atoms with E-state index in [2.05, 4.69) is 18.8 Å². The lowest BCUT2D eigenvalue weighted by Gasteiger charge is -2.02. The maximum absolute atomic E-state index is 5.69. The first kappa shape index (κ1) is 10.0. The van der Waals surface area contributed by atoms with E-state index in [4.69, 9.17) is 10.2 Å². The van der Waals surface area contributed by atoms with Gasteiger partial charge in [0.2, 0.25) is 0 Å². The molecule has 0 spiro atoms. The van der Waals surface area contributed by atoms with E-state index in [1.165, 1.54) is 0 Å². The largest absolute Gasteiger partial charge is 0.440 e. The van der Waals surface area contributed by atoms with Crippen LogP contribution in [0.5, 0.6) is 0 Å². The van der Waals surface area contributed by atoms with Gasteiger partial charge in [-0.3, -0.25) is 0 Å². The van der Waals surface area contributed by atoms with Gasteiger partial charge in [0, 0.05) is 11.6 Å². The number of nitrogens with two attached hydrogens (primary N) is 1. The van der Waals surface area contributed by atoms with Crippen molar-refractivity contribution in [2.45, 2.75) is 32.6 Å². The molecule has 2 aromatic rings. The fraction of sp³-hybridized carbons (Fsp3) is 0.417. The van der Waals surface area contributed by atoms with Gasteiger partial charge in [-0.05, 0) is 24.6 Å². The van der Waals surface area contributed by atoms with Crippen molar-refractivity contribution in [3.63, 3.8) is 0 Å². The predicted molar refractivity (Wildman–Crippen MR) is 61.7 cm³/mol. The number of nitrogens with zero attached hydrogens (tertiary/aromatic N) is 1. The number of nitrogen functional groups attached to an aromatic ring is 1. The SMILES string of the molecule is CCCC(C)c1nc2cc(N)ccc2o1. The summed E-state index contributed by atoms with van der Waals surface area (Å²) in [6.07, 6.45) is 2.24. The molecule has 0 radical (unpaired) electrons. The zero-order chi connectivity index (χ0) is 10.8. The van der Waals surface area contributed by atoms with Crippen molar-refractivity contribution >= 4 is 16.8 Å². The molecule has 0 saturated carbocycles. The van der Waals surface area contributed by atoms with Gasteiger partial charge in [-0.1, -0.05) is 20.3 Å². The van der Waals surface area contributed by atoms with E-state index in [1.807, 2.05) is 18.2 Å². The lowest BCUT2D eigenvalue weighted by molar-refractivity contribution is 0.467. The Labute approximate surface area is 89.3 Å². The number of hydrogen-bond acceptors (Lipinski definition) is 3. The number of benzene rings is 1. The predicted octanol–water partition coefficient (Wildman–Crippen LogP) is 3.31. The quantitative estimate of drug-likeness (QED) is 0.780. The average Bonchev–Trinajstić information content (AvgIpc) is 2.60. The summed E-state index contributed by atoms with van der Waals surface area (Å²) < 4.78 is 5.67. The molecule has 1 heterocycles. The fourth-order valence-electron chi connectivity index (χ4n) is 1.73. The summed E-state index contributed by atoms with van der Waals surface area (Å²) in [5.41, 5.74) is 8.09. The van der Waals surface area contributed by atoms with Crippen molar-refractivity contribution in [1.82, 2.24) is 4.98 Å². The van der Waals surface area contributed by atoms with Crippen LogP contribution in [0.15, 0.2) is 22.6 Å². The number of rotatable bonds is 3. The summed E-state index contributed by atoms with van der Waals surface area (Å²) in [4.78, 5) is 4.45. The molecule has 80 valence electrons. The van der Waals surface area contributed by atoms with E-state index in [0.717, 1.165) is 35.5 Å². The van der Waals surface area contributed by atoms with Crippen LogP contribution in [0.2, 0.25) is 0 Å². The second-order valence-corrected chi connectivity index (χ2v) is 3.97. The van der Waals surface area contributed by atoms with E-state index in [0.29, 0.717) is 5.92 Å². The minimum absolute atomic E-state index is 0.378. The molecule has 3 nitrogen and oxygen atoms in total. The molecule has 2 N–H and O–H groups in total. The Kier molecular flexibility index (Phi) is 2.62. The van der Waals surface area contributed by atoms with Crippen LogP contribution in [0.25, 0.3) is 11.1 Å². The van der Waals surface area contributed by atoms with E-state index in [1.54, 1.807) is 0 Å². The van der Waals surface area contributed by atoms with Gasteiger partial charge in [0.15, 0.2) is 11.5 Å². The first-order valence-electron chi connectivity index (χ1n) is 5.36. The Morgan fingerprint density at radius 1 is 1.47 bits per heavy atom.